The zero-order chi connectivity index (χ0) is 22.1. The van der Waals surface area contributed by atoms with E-state index in [2.05, 4.69) is 35.1 Å². The number of anilines is 3. The molecule has 1 aliphatic heterocycles. The number of hydrogen-bond acceptors (Lipinski definition) is 6. The average Bonchev–Trinajstić information content (AvgIpc) is 3.48. The predicted octanol–water partition coefficient (Wildman–Crippen LogP) is 3.46. The molecule has 0 spiro atoms. The molecule has 8 nitrogen and oxygen atoms in total. The van der Waals surface area contributed by atoms with E-state index in [1.54, 1.807) is 30.7 Å². The molecule has 5 rings (SSSR count). The minimum absolute atomic E-state index is 0.262. The quantitative estimate of drug-likeness (QED) is 0.503. The van der Waals surface area contributed by atoms with Gasteiger partial charge in [0.2, 0.25) is 0 Å². The molecular formula is C23H22FN7O. The van der Waals surface area contributed by atoms with Crippen LogP contribution in [-0.4, -0.2) is 52.0 Å². The highest BCUT2D eigenvalue weighted by Gasteiger charge is 2.28. The van der Waals surface area contributed by atoms with Crippen LogP contribution in [0.1, 0.15) is 16.8 Å². The van der Waals surface area contributed by atoms with E-state index in [4.69, 9.17) is 0 Å². The van der Waals surface area contributed by atoms with Gasteiger partial charge in [-0.3, -0.25) is 4.79 Å². The molecule has 1 aromatic carbocycles. The largest absolute Gasteiger partial charge is 0.355 e. The number of halogens is 1. The third-order valence-corrected chi connectivity index (χ3v) is 5.80. The van der Waals surface area contributed by atoms with Gasteiger partial charge in [-0.2, -0.15) is 0 Å². The van der Waals surface area contributed by atoms with Crippen LogP contribution >= 0.6 is 0 Å². The van der Waals surface area contributed by atoms with E-state index in [9.17, 15) is 9.18 Å². The highest BCUT2D eigenvalue weighted by molar-refractivity contribution is 6.04. The topological polar surface area (TPSA) is 90.0 Å². The minimum atomic E-state index is -0.400. The molecule has 1 saturated heterocycles. The van der Waals surface area contributed by atoms with Crippen molar-refractivity contribution < 1.29 is 9.18 Å². The van der Waals surface area contributed by atoms with Crippen molar-refractivity contribution in [3.05, 3.63) is 72.6 Å². The average molecular weight is 431 g/mol. The molecule has 4 aromatic rings. The monoisotopic (exact) mass is 431 g/mol. The summed E-state index contributed by atoms with van der Waals surface area (Å²) >= 11 is 0. The van der Waals surface area contributed by atoms with Gasteiger partial charge in [-0.1, -0.05) is 6.07 Å². The maximum atomic E-state index is 13.3. The first-order valence-electron chi connectivity index (χ1n) is 10.4. The number of nitrogens with one attached hydrogen (secondary N) is 2. The molecule has 0 unspecified atom stereocenters. The number of carbonyl (C=O) groups excluding carboxylic acids is 1. The first kappa shape index (κ1) is 19.9. The Hall–Kier alpha value is -4.01. The lowest BCUT2D eigenvalue weighted by Crippen LogP contribution is -2.35. The van der Waals surface area contributed by atoms with E-state index in [-0.39, 0.29) is 11.9 Å². The molecule has 3 aromatic heterocycles. The summed E-state index contributed by atoms with van der Waals surface area (Å²) in [4.78, 5) is 33.2. The fourth-order valence-corrected chi connectivity index (χ4v) is 4.05. The molecule has 1 atom stereocenters. The number of likely N-dealkylation sites (N-methyl/N-ethyl adjacent to an activating group) is 1. The summed E-state index contributed by atoms with van der Waals surface area (Å²) < 4.78 is 13.3. The summed E-state index contributed by atoms with van der Waals surface area (Å²) in [5.74, 6) is 0.990. The van der Waals surface area contributed by atoms with Crippen molar-refractivity contribution >= 4 is 34.3 Å². The van der Waals surface area contributed by atoms with Crippen LogP contribution < -0.4 is 15.1 Å². The molecule has 1 aliphatic rings. The van der Waals surface area contributed by atoms with Gasteiger partial charge in [-0.05, 0) is 42.8 Å². The highest BCUT2D eigenvalue weighted by atomic mass is 19.1. The Labute approximate surface area is 184 Å². The van der Waals surface area contributed by atoms with E-state index >= 15 is 0 Å². The summed E-state index contributed by atoms with van der Waals surface area (Å²) in [6, 6.07) is 11.6. The van der Waals surface area contributed by atoms with Gasteiger partial charge in [0.05, 0.1) is 10.9 Å². The predicted molar refractivity (Wildman–Crippen MR) is 121 cm³/mol. The van der Waals surface area contributed by atoms with E-state index < -0.39 is 5.82 Å². The molecule has 1 fully saturated rings. The fraction of sp³-hybridized carbons (Fsp3) is 0.217. The maximum Gasteiger partial charge on any atom is 0.257 e. The van der Waals surface area contributed by atoms with Crippen molar-refractivity contribution in [1.29, 1.82) is 0 Å². The first-order chi connectivity index (χ1) is 15.6. The van der Waals surface area contributed by atoms with Crippen molar-refractivity contribution in [2.24, 2.45) is 0 Å². The Kier molecular flexibility index (Phi) is 5.14. The molecule has 0 saturated carbocycles. The Balaban J connectivity index is 1.25. The third kappa shape index (κ3) is 3.84. The zero-order valence-electron chi connectivity index (χ0n) is 17.5. The van der Waals surface area contributed by atoms with Gasteiger partial charge in [0.25, 0.3) is 5.91 Å². The van der Waals surface area contributed by atoms with E-state index in [0.29, 0.717) is 11.3 Å². The Morgan fingerprint density at radius 3 is 2.94 bits per heavy atom. The molecule has 32 heavy (non-hydrogen) atoms. The third-order valence-electron chi connectivity index (χ3n) is 5.80. The van der Waals surface area contributed by atoms with Crippen LogP contribution in [0.5, 0.6) is 0 Å². The Morgan fingerprint density at radius 2 is 2.12 bits per heavy atom. The summed E-state index contributed by atoms with van der Waals surface area (Å²) in [6.07, 6.45) is 5.97. The van der Waals surface area contributed by atoms with Crippen LogP contribution in [0.4, 0.5) is 21.7 Å². The molecule has 4 heterocycles. The minimum Gasteiger partial charge on any atom is -0.355 e. The lowest BCUT2D eigenvalue weighted by molar-refractivity contribution is 0.102. The highest BCUT2D eigenvalue weighted by Crippen LogP contribution is 2.28. The number of aromatic nitrogens is 4. The van der Waals surface area contributed by atoms with Gasteiger partial charge in [-0.25, -0.2) is 19.3 Å². The molecule has 1 amide bonds. The van der Waals surface area contributed by atoms with E-state index in [0.717, 1.165) is 42.2 Å². The van der Waals surface area contributed by atoms with Crippen molar-refractivity contribution in [3.8, 4) is 0 Å². The van der Waals surface area contributed by atoms with Crippen molar-refractivity contribution in [2.75, 3.05) is 35.3 Å². The number of carbonyl (C=O) groups is 1. The van der Waals surface area contributed by atoms with Crippen LogP contribution in [0.15, 0.2) is 61.2 Å². The number of aromatic amines is 1. The van der Waals surface area contributed by atoms with Crippen LogP contribution in [-0.2, 0) is 0 Å². The van der Waals surface area contributed by atoms with Gasteiger partial charge in [0, 0.05) is 44.3 Å². The first-order valence-corrected chi connectivity index (χ1v) is 10.4. The number of hydrogen-bond donors (Lipinski definition) is 2. The Morgan fingerprint density at radius 1 is 1.22 bits per heavy atom. The number of benzene rings is 1. The number of amides is 1. The fourth-order valence-electron chi connectivity index (χ4n) is 4.05. The molecule has 0 radical (unpaired) electrons. The molecule has 0 bridgehead atoms. The molecule has 162 valence electrons. The van der Waals surface area contributed by atoms with Gasteiger partial charge in [0.1, 0.15) is 29.4 Å². The van der Waals surface area contributed by atoms with Crippen LogP contribution in [0.3, 0.4) is 0 Å². The summed E-state index contributed by atoms with van der Waals surface area (Å²) in [5.41, 5.74) is 1.65. The molecule has 2 N–H and O–H groups in total. The van der Waals surface area contributed by atoms with Crippen molar-refractivity contribution in [2.45, 2.75) is 12.5 Å². The van der Waals surface area contributed by atoms with Crippen molar-refractivity contribution in [1.82, 2.24) is 19.9 Å². The number of nitrogens with zero attached hydrogens (tertiary/aromatic N) is 5. The number of fused-ring (bicyclic) bond motifs is 1. The second kappa shape index (κ2) is 8.26. The smallest absolute Gasteiger partial charge is 0.257 e. The molecule has 0 aliphatic carbocycles. The lowest BCUT2D eigenvalue weighted by atomic mass is 10.2. The van der Waals surface area contributed by atoms with Gasteiger partial charge in [-0.15, -0.1) is 0 Å². The lowest BCUT2D eigenvalue weighted by Gasteiger charge is -2.26. The van der Waals surface area contributed by atoms with Gasteiger partial charge >= 0.3 is 0 Å². The van der Waals surface area contributed by atoms with Crippen LogP contribution in [0.25, 0.3) is 11.0 Å². The summed E-state index contributed by atoms with van der Waals surface area (Å²) in [5, 5.41) is 3.70. The summed E-state index contributed by atoms with van der Waals surface area (Å²) in [7, 11) is 2.01. The number of pyridine rings is 1. The molecule has 9 heteroatoms. The standard InChI is InChI=1S/C23H22FN7O/c1-30(18-8-10-31(13-18)22-19-7-9-25-21(19)27-14-28-22)20-6-5-15(12-26-20)23(32)29-17-4-2-3-16(24)11-17/h2-7,9,11-12,14,18H,8,10,13H2,1H3,(H,29,32)(H,25,27,28)/t18-/m1/s1. The second-order valence-electron chi connectivity index (χ2n) is 7.81. The number of H-pyrrole nitrogens is 1. The van der Waals surface area contributed by atoms with Gasteiger partial charge < -0.3 is 20.1 Å². The zero-order valence-corrected chi connectivity index (χ0v) is 17.5. The maximum absolute atomic E-state index is 13.3. The second-order valence-corrected chi connectivity index (χ2v) is 7.81. The van der Waals surface area contributed by atoms with Crippen LogP contribution in [0, 0.1) is 5.82 Å². The van der Waals surface area contributed by atoms with E-state index in [1.807, 2.05) is 25.4 Å². The van der Waals surface area contributed by atoms with Crippen LogP contribution in [0.2, 0.25) is 0 Å². The van der Waals surface area contributed by atoms with Gasteiger partial charge in [0.15, 0.2) is 0 Å². The summed E-state index contributed by atoms with van der Waals surface area (Å²) in [6.45, 7) is 1.71. The number of rotatable bonds is 5. The molecular weight excluding hydrogens is 409 g/mol. The normalized spacial score (nSPS) is 15.8. The van der Waals surface area contributed by atoms with E-state index in [1.165, 1.54) is 12.1 Å². The SMILES string of the molecule is CN(c1ccc(C(=O)Nc2cccc(F)c2)cn1)[C@@H]1CCN(c2ncnc3[nH]ccc23)C1. The van der Waals surface area contributed by atoms with Crippen molar-refractivity contribution in [3.63, 3.8) is 0 Å². The Bertz CT molecular complexity index is 1260.